The molecule has 31 heavy (non-hydrogen) atoms. The zero-order valence-electron chi connectivity index (χ0n) is 18.1. The molecule has 2 aliphatic heterocycles. The van der Waals surface area contributed by atoms with E-state index in [0.29, 0.717) is 17.5 Å². The molecule has 1 aromatic carbocycles. The van der Waals surface area contributed by atoms with E-state index in [1.54, 1.807) is 6.07 Å². The van der Waals surface area contributed by atoms with Crippen LogP contribution in [0.2, 0.25) is 5.02 Å². The summed E-state index contributed by atoms with van der Waals surface area (Å²) in [5.41, 5.74) is 1.36. The molecule has 0 saturated carbocycles. The monoisotopic (exact) mass is 447 g/mol. The summed E-state index contributed by atoms with van der Waals surface area (Å²) in [4.78, 5) is 15.1. The van der Waals surface area contributed by atoms with Gasteiger partial charge in [0.1, 0.15) is 6.04 Å². The van der Waals surface area contributed by atoms with E-state index in [1.165, 1.54) is 0 Å². The van der Waals surface area contributed by atoms with E-state index in [2.05, 4.69) is 15.4 Å². The van der Waals surface area contributed by atoms with Crippen LogP contribution in [0.25, 0.3) is 0 Å². The third-order valence-electron chi connectivity index (χ3n) is 5.93. The molecule has 4 rings (SSSR count). The van der Waals surface area contributed by atoms with Gasteiger partial charge in [-0.1, -0.05) is 30.6 Å². The van der Waals surface area contributed by atoms with Gasteiger partial charge < -0.3 is 18.9 Å². The van der Waals surface area contributed by atoms with Crippen LogP contribution in [-0.2, 0) is 19.7 Å². The Bertz CT molecular complexity index is 877. The molecule has 7 nitrogen and oxygen atoms in total. The molecule has 0 bridgehead atoms. The Kier molecular flexibility index (Phi) is 6.84. The molecule has 3 heterocycles. The summed E-state index contributed by atoms with van der Waals surface area (Å²) in [6, 6.07) is 9.10. The van der Waals surface area contributed by atoms with E-state index in [0.717, 1.165) is 56.6 Å². The molecule has 2 fully saturated rings. The van der Waals surface area contributed by atoms with Crippen molar-refractivity contribution in [3.05, 3.63) is 41.0 Å². The smallest absolute Gasteiger partial charge is 0.249 e. The highest BCUT2D eigenvalue weighted by Gasteiger charge is 2.33. The van der Waals surface area contributed by atoms with Gasteiger partial charge in [0.2, 0.25) is 11.8 Å². The number of amides is 1. The lowest BCUT2D eigenvalue weighted by Crippen LogP contribution is -2.39. The Morgan fingerprint density at radius 1 is 1.26 bits per heavy atom. The van der Waals surface area contributed by atoms with Crippen molar-refractivity contribution in [3.63, 3.8) is 0 Å². The maximum absolute atomic E-state index is 12.9. The van der Waals surface area contributed by atoms with Crippen molar-refractivity contribution in [2.75, 3.05) is 30.0 Å². The van der Waals surface area contributed by atoms with Gasteiger partial charge in [0.25, 0.3) is 0 Å². The van der Waals surface area contributed by atoms with Crippen LogP contribution in [0.3, 0.4) is 0 Å². The normalized spacial score (nSPS) is 22.0. The third-order valence-corrected chi connectivity index (χ3v) is 6.18. The highest BCUT2D eigenvalue weighted by atomic mass is 35.5. The van der Waals surface area contributed by atoms with Crippen molar-refractivity contribution in [1.29, 1.82) is 0 Å². The molecular weight excluding hydrogens is 418 g/mol. The SMILES string of the molecule is CC(C)(CO[C@H]1CCCCO1)c1cc(NC(=O)C2CCCN2c2ccc(Cl)cc2)on1. The third kappa shape index (κ3) is 5.40. The average molecular weight is 448 g/mol. The molecule has 1 N–H and O–H groups in total. The maximum Gasteiger partial charge on any atom is 0.249 e. The minimum absolute atomic E-state index is 0.0974. The fraction of sp³-hybridized carbons (Fsp3) is 0.565. The zero-order valence-corrected chi connectivity index (χ0v) is 18.9. The summed E-state index contributed by atoms with van der Waals surface area (Å²) in [5, 5.41) is 7.75. The molecule has 2 atom stereocenters. The van der Waals surface area contributed by atoms with Crippen LogP contribution in [0.1, 0.15) is 51.6 Å². The number of halogens is 1. The lowest BCUT2D eigenvalue weighted by molar-refractivity contribution is -0.170. The van der Waals surface area contributed by atoms with Crippen molar-refractivity contribution >= 4 is 29.1 Å². The second-order valence-electron chi connectivity index (χ2n) is 8.88. The minimum Gasteiger partial charge on any atom is -0.360 e. The Labute approximate surface area is 188 Å². The van der Waals surface area contributed by atoms with Crippen LogP contribution in [-0.4, -0.2) is 43.2 Å². The number of aromatic nitrogens is 1. The quantitative estimate of drug-likeness (QED) is 0.659. The van der Waals surface area contributed by atoms with E-state index in [9.17, 15) is 4.79 Å². The summed E-state index contributed by atoms with van der Waals surface area (Å²) in [6.07, 6.45) is 4.72. The Morgan fingerprint density at radius 2 is 2.06 bits per heavy atom. The predicted octanol–water partition coefficient (Wildman–Crippen LogP) is 4.76. The fourth-order valence-electron chi connectivity index (χ4n) is 4.06. The molecule has 1 amide bonds. The van der Waals surface area contributed by atoms with Crippen molar-refractivity contribution in [3.8, 4) is 0 Å². The molecule has 168 valence electrons. The van der Waals surface area contributed by atoms with E-state index < -0.39 is 0 Å². The second kappa shape index (κ2) is 9.59. The van der Waals surface area contributed by atoms with Gasteiger partial charge in [0.15, 0.2) is 6.29 Å². The van der Waals surface area contributed by atoms with Crippen LogP contribution in [0.4, 0.5) is 11.6 Å². The summed E-state index contributed by atoms with van der Waals surface area (Å²) < 4.78 is 17.0. The summed E-state index contributed by atoms with van der Waals surface area (Å²) in [6.45, 7) is 6.12. The van der Waals surface area contributed by atoms with Crippen LogP contribution in [0, 0.1) is 0 Å². The minimum atomic E-state index is -0.365. The second-order valence-corrected chi connectivity index (χ2v) is 9.32. The Hall–Kier alpha value is -2.09. The van der Waals surface area contributed by atoms with Gasteiger partial charge in [-0.15, -0.1) is 0 Å². The molecule has 0 aliphatic carbocycles. The molecule has 1 aromatic heterocycles. The number of carbonyl (C=O) groups excluding carboxylic acids is 1. The van der Waals surface area contributed by atoms with Gasteiger partial charge in [0.05, 0.1) is 12.3 Å². The molecule has 0 spiro atoms. The van der Waals surface area contributed by atoms with Gasteiger partial charge >= 0.3 is 0 Å². The van der Waals surface area contributed by atoms with Crippen LogP contribution >= 0.6 is 11.6 Å². The number of hydrogen-bond donors (Lipinski definition) is 1. The van der Waals surface area contributed by atoms with E-state index >= 15 is 0 Å². The van der Waals surface area contributed by atoms with Gasteiger partial charge in [-0.25, -0.2) is 0 Å². The molecule has 1 unspecified atom stereocenters. The van der Waals surface area contributed by atoms with Gasteiger partial charge in [-0.2, -0.15) is 0 Å². The van der Waals surface area contributed by atoms with Crippen molar-refractivity contribution in [1.82, 2.24) is 5.16 Å². The van der Waals surface area contributed by atoms with Crippen molar-refractivity contribution in [2.45, 2.75) is 63.7 Å². The molecule has 8 heteroatoms. The van der Waals surface area contributed by atoms with Crippen LogP contribution in [0.15, 0.2) is 34.9 Å². The van der Waals surface area contributed by atoms with E-state index in [-0.39, 0.29) is 23.7 Å². The van der Waals surface area contributed by atoms with Crippen molar-refractivity contribution < 1.29 is 18.8 Å². The molecular formula is C23H30ClN3O4. The predicted molar refractivity (Wildman–Crippen MR) is 120 cm³/mol. The first kappa shape index (κ1) is 22.1. The van der Waals surface area contributed by atoms with Crippen LogP contribution in [0.5, 0.6) is 0 Å². The number of anilines is 2. The highest BCUT2D eigenvalue weighted by Crippen LogP contribution is 2.29. The number of nitrogens with one attached hydrogen (secondary N) is 1. The zero-order chi connectivity index (χ0) is 21.8. The van der Waals surface area contributed by atoms with E-state index in [4.69, 9.17) is 25.6 Å². The molecule has 2 aliphatic rings. The molecule has 0 radical (unpaired) electrons. The van der Waals surface area contributed by atoms with Crippen LogP contribution < -0.4 is 10.2 Å². The highest BCUT2D eigenvalue weighted by molar-refractivity contribution is 6.30. The van der Waals surface area contributed by atoms with Gasteiger partial charge in [0, 0.05) is 35.3 Å². The lowest BCUT2D eigenvalue weighted by Gasteiger charge is -2.28. The Morgan fingerprint density at radius 3 is 2.81 bits per heavy atom. The van der Waals surface area contributed by atoms with Crippen molar-refractivity contribution in [2.24, 2.45) is 0 Å². The fourth-order valence-corrected chi connectivity index (χ4v) is 4.18. The number of hydrogen-bond acceptors (Lipinski definition) is 6. The van der Waals surface area contributed by atoms with Gasteiger partial charge in [-0.05, 0) is 56.4 Å². The number of nitrogens with zero attached hydrogens (tertiary/aromatic N) is 2. The molecule has 2 saturated heterocycles. The first-order chi connectivity index (χ1) is 14.9. The number of rotatable bonds is 7. The van der Waals surface area contributed by atoms with Gasteiger partial charge in [-0.3, -0.25) is 10.1 Å². The largest absolute Gasteiger partial charge is 0.360 e. The number of carbonyl (C=O) groups is 1. The first-order valence-electron chi connectivity index (χ1n) is 11.0. The standard InChI is InChI=1S/C23H30ClN3O4/c1-23(2,15-30-21-7-3-4-13-29-21)19-14-20(31-26-19)25-22(28)18-6-5-12-27(18)17-10-8-16(24)9-11-17/h8-11,14,18,21H,3-7,12-13,15H2,1-2H3,(H,25,28)/t18?,21-/m0/s1. The number of ether oxygens (including phenoxy) is 2. The summed E-state index contributed by atoms with van der Waals surface area (Å²) in [7, 11) is 0. The topological polar surface area (TPSA) is 76.8 Å². The summed E-state index contributed by atoms with van der Waals surface area (Å²) in [5.74, 6) is 0.254. The maximum atomic E-state index is 12.9. The first-order valence-corrected chi connectivity index (χ1v) is 11.3. The summed E-state index contributed by atoms with van der Waals surface area (Å²) >= 11 is 6.00. The average Bonchev–Trinajstić information content (AvgIpc) is 3.44. The number of benzene rings is 1. The lowest BCUT2D eigenvalue weighted by atomic mass is 9.90. The van der Waals surface area contributed by atoms with E-state index in [1.807, 2.05) is 38.1 Å². The molecule has 2 aromatic rings. The Balaban J connectivity index is 1.36.